The van der Waals surface area contributed by atoms with Gasteiger partial charge in [-0.15, -0.1) is 0 Å². The first-order valence-corrected chi connectivity index (χ1v) is 5.57. The molecule has 1 aliphatic rings. The van der Waals surface area contributed by atoms with Crippen molar-refractivity contribution in [1.82, 2.24) is 4.98 Å². The van der Waals surface area contributed by atoms with Gasteiger partial charge < -0.3 is 20.9 Å². The fourth-order valence-electron chi connectivity index (χ4n) is 1.81. The van der Waals surface area contributed by atoms with Gasteiger partial charge >= 0.3 is 0 Å². The topological polar surface area (TPSA) is 95.0 Å². The van der Waals surface area contributed by atoms with Crippen molar-refractivity contribution >= 4 is 11.5 Å². The first-order chi connectivity index (χ1) is 8.26. The molecule has 92 valence electrons. The summed E-state index contributed by atoms with van der Waals surface area (Å²) in [5.41, 5.74) is 6.88. The molecular weight excluding hydrogens is 220 g/mol. The van der Waals surface area contributed by atoms with Crippen molar-refractivity contribution in [3.8, 4) is 0 Å². The Bertz CT molecular complexity index is 418. The minimum Gasteiger partial charge on any atom is -0.409 e. The van der Waals surface area contributed by atoms with Crippen LogP contribution in [0.2, 0.25) is 0 Å². The number of hydrogen-bond donors (Lipinski definition) is 3. The summed E-state index contributed by atoms with van der Waals surface area (Å²) in [6.45, 7) is 0.696. The van der Waals surface area contributed by atoms with E-state index in [4.69, 9.17) is 16.0 Å². The number of hydrogen-bond acceptors (Lipinski definition) is 5. The van der Waals surface area contributed by atoms with Gasteiger partial charge in [0.1, 0.15) is 5.69 Å². The number of aromatic nitrogens is 1. The summed E-state index contributed by atoms with van der Waals surface area (Å²) in [4.78, 5) is 6.15. The van der Waals surface area contributed by atoms with Crippen LogP contribution in [0.25, 0.3) is 0 Å². The molecule has 1 aliphatic carbocycles. The summed E-state index contributed by atoms with van der Waals surface area (Å²) < 4.78 is 0. The average molecular weight is 236 g/mol. The van der Waals surface area contributed by atoms with E-state index in [2.05, 4.69) is 15.0 Å². The predicted octanol–water partition coefficient (Wildman–Crippen LogP) is 0.137. The summed E-state index contributed by atoms with van der Waals surface area (Å²) in [7, 11) is 0. The zero-order valence-electron chi connectivity index (χ0n) is 9.45. The third kappa shape index (κ3) is 2.65. The maximum Gasteiger partial charge on any atom is 0.188 e. The number of rotatable bonds is 5. The quantitative estimate of drug-likeness (QED) is 0.292. The molecule has 1 aromatic rings. The number of aliphatic hydroxyl groups is 1. The van der Waals surface area contributed by atoms with Crippen molar-refractivity contribution in [1.29, 1.82) is 0 Å². The third-order valence-electron chi connectivity index (χ3n) is 2.77. The molecule has 1 heterocycles. The second-order valence-electron chi connectivity index (χ2n) is 4.03. The Hall–Kier alpha value is -1.82. The lowest BCUT2D eigenvalue weighted by molar-refractivity contribution is 0.301. The van der Waals surface area contributed by atoms with E-state index in [0.717, 1.165) is 18.5 Å². The van der Waals surface area contributed by atoms with Gasteiger partial charge in [0.15, 0.2) is 5.84 Å². The number of nitrogens with two attached hydrogens (primary N) is 1. The smallest absolute Gasteiger partial charge is 0.188 e. The number of amidine groups is 1. The van der Waals surface area contributed by atoms with E-state index in [-0.39, 0.29) is 12.4 Å². The van der Waals surface area contributed by atoms with Crippen molar-refractivity contribution in [2.75, 3.05) is 18.1 Å². The van der Waals surface area contributed by atoms with Gasteiger partial charge in [-0.2, -0.15) is 0 Å². The maximum absolute atomic E-state index is 9.05. The van der Waals surface area contributed by atoms with Gasteiger partial charge in [0.25, 0.3) is 0 Å². The Labute approximate surface area is 99.4 Å². The Morgan fingerprint density at radius 1 is 1.59 bits per heavy atom. The van der Waals surface area contributed by atoms with Gasteiger partial charge in [0.2, 0.25) is 0 Å². The number of oxime groups is 1. The van der Waals surface area contributed by atoms with Crippen LogP contribution in [0.4, 0.5) is 5.69 Å². The monoisotopic (exact) mass is 236 g/mol. The molecule has 0 unspecified atom stereocenters. The molecule has 0 atom stereocenters. The molecule has 6 heteroatoms. The second-order valence-corrected chi connectivity index (χ2v) is 4.03. The first kappa shape index (κ1) is 11.7. The molecule has 0 bridgehead atoms. The van der Waals surface area contributed by atoms with E-state index < -0.39 is 0 Å². The molecule has 6 nitrogen and oxygen atoms in total. The average Bonchev–Trinajstić information content (AvgIpc) is 3.19. The lowest BCUT2D eigenvalue weighted by Gasteiger charge is -2.23. The van der Waals surface area contributed by atoms with E-state index in [0.29, 0.717) is 18.3 Å². The largest absolute Gasteiger partial charge is 0.409 e. The zero-order valence-corrected chi connectivity index (χ0v) is 9.45. The lowest BCUT2D eigenvalue weighted by atomic mass is 10.2. The van der Waals surface area contributed by atoms with Crippen LogP contribution in [-0.2, 0) is 0 Å². The summed E-state index contributed by atoms with van der Waals surface area (Å²) in [6.07, 6.45) is 3.90. The highest BCUT2D eigenvalue weighted by atomic mass is 16.4. The standard InChI is InChI=1S/C11H16N4O2/c12-11(14-17)10-7-9(3-4-13-10)15(5-6-16)8-1-2-8/h3-4,7-8,16-17H,1-2,5-6H2,(H2,12,14). The Morgan fingerprint density at radius 3 is 2.94 bits per heavy atom. The van der Waals surface area contributed by atoms with Gasteiger partial charge in [-0.1, -0.05) is 5.16 Å². The number of nitrogens with zero attached hydrogens (tertiary/aromatic N) is 3. The normalized spacial score (nSPS) is 15.9. The van der Waals surface area contributed by atoms with E-state index in [1.54, 1.807) is 12.3 Å². The van der Waals surface area contributed by atoms with Gasteiger partial charge in [-0.25, -0.2) is 0 Å². The van der Waals surface area contributed by atoms with Crippen LogP contribution in [-0.4, -0.2) is 40.3 Å². The van der Waals surface area contributed by atoms with E-state index in [1.165, 1.54) is 0 Å². The van der Waals surface area contributed by atoms with Crippen LogP contribution >= 0.6 is 0 Å². The van der Waals surface area contributed by atoms with Gasteiger partial charge in [-0.05, 0) is 25.0 Å². The predicted molar refractivity (Wildman–Crippen MR) is 64.2 cm³/mol. The third-order valence-corrected chi connectivity index (χ3v) is 2.77. The van der Waals surface area contributed by atoms with E-state index >= 15 is 0 Å². The molecular formula is C11H16N4O2. The fourth-order valence-corrected chi connectivity index (χ4v) is 1.81. The highest BCUT2D eigenvalue weighted by molar-refractivity contribution is 5.95. The van der Waals surface area contributed by atoms with Crippen molar-refractivity contribution in [3.63, 3.8) is 0 Å². The summed E-state index contributed by atoms with van der Waals surface area (Å²) in [5, 5.41) is 20.6. The van der Waals surface area contributed by atoms with Crippen molar-refractivity contribution in [2.24, 2.45) is 10.9 Å². The van der Waals surface area contributed by atoms with Crippen LogP contribution in [0.15, 0.2) is 23.5 Å². The molecule has 0 spiro atoms. The number of aliphatic hydroxyl groups excluding tert-OH is 1. The van der Waals surface area contributed by atoms with Crippen LogP contribution < -0.4 is 10.6 Å². The fraction of sp³-hybridized carbons (Fsp3) is 0.455. The van der Waals surface area contributed by atoms with Crippen LogP contribution in [0, 0.1) is 0 Å². The van der Waals surface area contributed by atoms with Crippen molar-refractivity contribution in [3.05, 3.63) is 24.0 Å². The molecule has 2 rings (SSSR count). The Morgan fingerprint density at radius 2 is 2.35 bits per heavy atom. The molecule has 0 amide bonds. The summed E-state index contributed by atoms with van der Waals surface area (Å²) >= 11 is 0. The van der Waals surface area contributed by atoms with Crippen LogP contribution in [0.3, 0.4) is 0 Å². The molecule has 4 N–H and O–H groups in total. The molecule has 1 saturated carbocycles. The van der Waals surface area contributed by atoms with Crippen molar-refractivity contribution in [2.45, 2.75) is 18.9 Å². The molecule has 0 radical (unpaired) electrons. The lowest BCUT2D eigenvalue weighted by Crippen LogP contribution is -2.29. The van der Waals surface area contributed by atoms with Crippen molar-refractivity contribution < 1.29 is 10.3 Å². The minimum absolute atomic E-state index is 0.00778. The SMILES string of the molecule is NC(=NO)c1cc(N(CCO)C2CC2)ccn1. The molecule has 1 fully saturated rings. The molecule has 0 aromatic carbocycles. The Balaban J connectivity index is 2.24. The number of pyridine rings is 1. The Kier molecular flexibility index (Phi) is 3.43. The highest BCUT2D eigenvalue weighted by Gasteiger charge is 2.29. The van der Waals surface area contributed by atoms with Crippen LogP contribution in [0.1, 0.15) is 18.5 Å². The maximum atomic E-state index is 9.05. The van der Waals surface area contributed by atoms with Gasteiger partial charge in [0.05, 0.1) is 6.61 Å². The van der Waals surface area contributed by atoms with Crippen LogP contribution in [0.5, 0.6) is 0 Å². The molecule has 0 saturated heterocycles. The van der Waals surface area contributed by atoms with E-state index in [1.807, 2.05) is 6.07 Å². The summed E-state index contributed by atoms with van der Waals surface area (Å²) in [6, 6.07) is 4.12. The highest BCUT2D eigenvalue weighted by Crippen LogP contribution is 2.31. The molecule has 0 aliphatic heterocycles. The number of anilines is 1. The van der Waals surface area contributed by atoms with Gasteiger partial charge in [-0.3, -0.25) is 4.98 Å². The minimum atomic E-state index is -0.00778. The van der Waals surface area contributed by atoms with Gasteiger partial charge in [0, 0.05) is 24.5 Å². The zero-order chi connectivity index (χ0) is 12.3. The van der Waals surface area contributed by atoms with E-state index in [9.17, 15) is 0 Å². The second kappa shape index (κ2) is 5.01. The molecule has 1 aromatic heterocycles. The first-order valence-electron chi connectivity index (χ1n) is 5.57. The molecule has 17 heavy (non-hydrogen) atoms. The summed E-state index contributed by atoms with van der Waals surface area (Å²) in [5.74, 6) is -0.00778.